The molecule has 0 radical (unpaired) electrons. The standard InChI is InChI=1S/C14H21BrN2O3/c1-4-6-17-8-10(15)7-11(17)13(18)16-12(14(19)20)9(3)5-2/h7-9,12H,4-6H2,1-3H3,(H,16,18)(H,19,20)/t9-,12-/m0/s1. The lowest BCUT2D eigenvalue weighted by atomic mass is 9.99. The summed E-state index contributed by atoms with van der Waals surface area (Å²) in [4.78, 5) is 23.5. The van der Waals surface area contributed by atoms with Gasteiger partial charge in [0.25, 0.3) is 5.91 Å². The van der Waals surface area contributed by atoms with Crippen LogP contribution in [0.25, 0.3) is 0 Å². The van der Waals surface area contributed by atoms with Crippen LogP contribution >= 0.6 is 15.9 Å². The molecule has 1 aromatic heterocycles. The molecule has 0 spiro atoms. The second-order valence-corrected chi connectivity index (χ2v) is 5.83. The Morgan fingerprint density at radius 3 is 2.60 bits per heavy atom. The maximum atomic E-state index is 12.3. The van der Waals surface area contributed by atoms with Crippen LogP contribution in [-0.2, 0) is 11.3 Å². The van der Waals surface area contributed by atoms with Gasteiger partial charge >= 0.3 is 5.97 Å². The van der Waals surface area contributed by atoms with Crippen molar-refractivity contribution in [2.24, 2.45) is 5.92 Å². The highest BCUT2D eigenvalue weighted by molar-refractivity contribution is 9.10. The number of aliphatic carboxylic acids is 1. The van der Waals surface area contributed by atoms with Crippen LogP contribution in [0.3, 0.4) is 0 Å². The molecule has 0 aliphatic rings. The Hall–Kier alpha value is -1.30. The van der Waals surface area contributed by atoms with Crippen LogP contribution < -0.4 is 5.32 Å². The number of carbonyl (C=O) groups excluding carboxylic acids is 1. The first-order valence-corrected chi connectivity index (χ1v) is 7.59. The Kier molecular flexibility index (Phi) is 6.26. The Morgan fingerprint density at radius 1 is 1.45 bits per heavy atom. The number of rotatable bonds is 7. The number of amides is 1. The molecule has 2 N–H and O–H groups in total. The predicted molar refractivity (Wildman–Crippen MR) is 80.8 cm³/mol. The average molecular weight is 345 g/mol. The smallest absolute Gasteiger partial charge is 0.326 e. The van der Waals surface area contributed by atoms with Crippen molar-refractivity contribution in [3.63, 3.8) is 0 Å². The van der Waals surface area contributed by atoms with Crippen LogP contribution in [0.4, 0.5) is 0 Å². The van der Waals surface area contributed by atoms with E-state index < -0.39 is 12.0 Å². The van der Waals surface area contributed by atoms with E-state index in [-0.39, 0.29) is 11.8 Å². The van der Waals surface area contributed by atoms with E-state index in [4.69, 9.17) is 0 Å². The molecular formula is C14H21BrN2O3. The summed E-state index contributed by atoms with van der Waals surface area (Å²) in [5.41, 5.74) is 0.480. The SMILES string of the molecule is CCCn1cc(Br)cc1C(=O)N[C@H](C(=O)O)[C@@H](C)CC. The number of carbonyl (C=O) groups is 2. The fourth-order valence-corrected chi connectivity index (χ4v) is 2.45. The third-order valence-electron chi connectivity index (χ3n) is 3.33. The Morgan fingerprint density at radius 2 is 2.10 bits per heavy atom. The van der Waals surface area contributed by atoms with Gasteiger partial charge in [-0.2, -0.15) is 0 Å². The molecule has 20 heavy (non-hydrogen) atoms. The zero-order valence-electron chi connectivity index (χ0n) is 12.0. The zero-order chi connectivity index (χ0) is 15.3. The molecule has 0 saturated carbocycles. The first-order valence-electron chi connectivity index (χ1n) is 6.80. The summed E-state index contributed by atoms with van der Waals surface area (Å²) in [6.45, 7) is 6.47. The largest absolute Gasteiger partial charge is 0.480 e. The van der Waals surface area contributed by atoms with Crippen molar-refractivity contribution >= 4 is 27.8 Å². The highest BCUT2D eigenvalue weighted by atomic mass is 79.9. The molecule has 2 atom stereocenters. The van der Waals surface area contributed by atoms with E-state index in [9.17, 15) is 14.7 Å². The van der Waals surface area contributed by atoms with E-state index in [0.717, 1.165) is 17.4 Å². The Balaban J connectivity index is 2.91. The van der Waals surface area contributed by atoms with Gasteiger partial charge in [-0.05, 0) is 34.3 Å². The minimum Gasteiger partial charge on any atom is -0.480 e. The highest BCUT2D eigenvalue weighted by Gasteiger charge is 2.26. The highest BCUT2D eigenvalue weighted by Crippen LogP contribution is 2.16. The van der Waals surface area contributed by atoms with E-state index in [2.05, 4.69) is 21.2 Å². The third kappa shape index (κ3) is 4.10. The number of halogens is 1. The molecule has 6 heteroatoms. The van der Waals surface area contributed by atoms with Gasteiger partial charge in [-0.15, -0.1) is 0 Å². The van der Waals surface area contributed by atoms with E-state index in [1.165, 1.54) is 0 Å². The number of nitrogens with one attached hydrogen (secondary N) is 1. The molecule has 1 rings (SSSR count). The van der Waals surface area contributed by atoms with Crippen molar-refractivity contribution in [2.75, 3.05) is 0 Å². The van der Waals surface area contributed by atoms with Crippen molar-refractivity contribution in [1.82, 2.24) is 9.88 Å². The summed E-state index contributed by atoms with van der Waals surface area (Å²) in [6.07, 6.45) is 3.42. The van der Waals surface area contributed by atoms with E-state index in [1.54, 1.807) is 6.07 Å². The van der Waals surface area contributed by atoms with Gasteiger partial charge in [-0.25, -0.2) is 4.79 Å². The monoisotopic (exact) mass is 344 g/mol. The van der Waals surface area contributed by atoms with Crippen molar-refractivity contribution < 1.29 is 14.7 Å². The number of aryl methyl sites for hydroxylation is 1. The van der Waals surface area contributed by atoms with Crippen molar-refractivity contribution in [3.05, 3.63) is 22.4 Å². The molecule has 0 aliphatic heterocycles. The summed E-state index contributed by atoms with van der Waals surface area (Å²) in [7, 11) is 0. The van der Waals surface area contributed by atoms with Crippen LogP contribution in [-0.4, -0.2) is 27.6 Å². The molecule has 5 nitrogen and oxygen atoms in total. The van der Waals surface area contributed by atoms with Crippen LogP contribution in [0, 0.1) is 5.92 Å². The first-order chi connectivity index (χ1) is 9.40. The molecular weight excluding hydrogens is 324 g/mol. The maximum absolute atomic E-state index is 12.3. The second-order valence-electron chi connectivity index (χ2n) is 4.91. The van der Waals surface area contributed by atoms with Gasteiger partial charge in [-0.3, -0.25) is 4.79 Å². The average Bonchev–Trinajstić information content (AvgIpc) is 2.76. The molecule has 1 amide bonds. The van der Waals surface area contributed by atoms with E-state index >= 15 is 0 Å². The Labute approximate surface area is 127 Å². The molecule has 0 aliphatic carbocycles. The van der Waals surface area contributed by atoms with Crippen LogP contribution in [0.5, 0.6) is 0 Å². The quantitative estimate of drug-likeness (QED) is 0.798. The van der Waals surface area contributed by atoms with Crippen LogP contribution in [0.15, 0.2) is 16.7 Å². The van der Waals surface area contributed by atoms with Gasteiger partial charge in [0.05, 0.1) is 0 Å². The van der Waals surface area contributed by atoms with Crippen molar-refractivity contribution in [3.8, 4) is 0 Å². The normalized spacial score (nSPS) is 13.8. The molecule has 0 aromatic carbocycles. The van der Waals surface area contributed by atoms with E-state index in [0.29, 0.717) is 12.1 Å². The number of carboxylic acids is 1. The summed E-state index contributed by atoms with van der Waals surface area (Å²) in [5, 5.41) is 11.8. The fourth-order valence-electron chi connectivity index (χ4n) is 1.99. The number of aromatic nitrogens is 1. The van der Waals surface area contributed by atoms with E-state index in [1.807, 2.05) is 31.5 Å². The van der Waals surface area contributed by atoms with Gasteiger partial charge in [0.1, 0.15) is 11.7 Å². The number of hydrogen-bond donors (Lipinski definition) is 2. The van der Waals surface area contributed by atoms with Crippen LogP contribution in [0.2, 0.25) is 0 Å². The topological polar surface area (TPSA) is 71.3 Å². The predicted octanol–water partition coefficient (Wildman–Crippen LogP) is 2.89. The fraction of sp³-hybridized carbons (Fsp3) is 0.571. The minimum absolute atomic E-state index is 0.116. The van der Waals surface area contributed by atoms with Gasteiger partial charge < -0.3 is 15.0 Å². The number of nitrogens with zero attached hydrogens (tertiary/aromatic N) is 1. The molecule has 1 heterocycles. The second kappa shape index (κ2) is 7.47. The summed E-state index contributed by atoms with van der Waals surface area (Å²) in [5.74, 6) is -1.47. The Bertz CT molecular complexity index is 485. The van der Waals surface area contributed by atoms with Gasteiger partial charge in [0.15, 0.2) is 0 Å². The lowest BCUT2D eigenvalue weighted by molar-refractivity contribution is -0.140. The molecule has 1 aromatic rings. The first kappa shape index (κ1) is 16.8. The summed E-state index contributed by atoms with van der Waals surface area (Å²) < 4.78 is 2.64. The van der Waals surface area contributed by atoms with Crippen molar-refractivity contribution in [1.29, 1.82) is 0 Å². The third-order valence-corrected chi connectivity index (χ3v) is 3.76. The molecule has 112 valence electrons. The van der Waals surface area contributed by atoms with Crippen LogP contribution in [0.1, 0.15) is 44.1 Å². The van der Waals surface area contributed by atoms with Crippen molar-refractivity contribution in [2.45, 2.75) is 46.2 Å². The van der Waals surface area contributed by atoms with Gasteiger partial charge in [-0.1, -0.05) is 27.2 Å². The lowest BCUT2D eigenvalue weighted by Gasteiger charge is -2.20. The molecule has 0 fully saturated rings. The lowest BCUT2D eigenvalue weighted by Crippen LogP contribution is -2.45. The molecule has 0 saturated heterocycles. The molecule has 0 bridgehead atoms. The number of carboxylic acid groups (broad SMARTS) is 1. The minimum atomic E-state index is -1.000. The maximum Gasteiger partial charge on any atom is 0.326 e. The molecule has 0 unspecified atom stereocenters. The summed E-state index contributed by atoms with van der Waals surface area (Å²) in [6, 6.07) is 0.844. The number of hydrogen-bond acceptors (Lipinski definition) is 2. The zero-order valence-corrected chi connectivity index (χ0v) is 13.6. The van der Waals surface area contributed by atoms with Gasteiger partial charge in [0.2, 0.25) is 0 Å². The summed E-state index contributed by atoms with van der Waals surface area (Å²) >= 11 is 3.34. The van der Waals surface area contributed by atoms with Gasteiger partial charge in [0, 0.05) is 17.2 Å².